The van der Waals surface area contributed by atoms with Crippen molar-refractivity contribution in [1.82, 2.24) is 9.97 Å². The molecular formula is C34H28Cl4N4O8S4. The number of benzene rings is 4. The van der Waals surface area contributed by atoms with Crippen molar-refractivity contribution in [3.05, 3.63) is 104 Å². The Hall–Kier alpha value is -4.00. The van der Waals surface area contributed by atoms with Gasteiger partial charge in [0.1, 0.15) is 32.8 Å². The first kappa shape index (κ1) is 41.2. The third kappa shape index (κ3) is 9.80. The van der Waals surface area contributed by atoms with Crippen LogP contribution in [-0.2, 0) is 20.0 Å². The molecule has 0 bridgehead atoms. The molecule has 0 aliphatic heterocycles. The highest BCUT2D eigenvalue weighted by atomic mass is 35.5. The number of sulfonamides is 2. The van der Waals surface area contributed by atoms with Gasteiger partial charge in [-0.1, -0.05) is 46.4 Å². The molecule has 0 saturated carbocycles. The molecule has 0 unspecified atom stereocenters. The van der Waals surface area contributed by atoms with Crippen molar-refractivity contribution in [2.24, 2.45) is 0 Å². The maximum Gasteiger partial charge on any atom is 0.265 e. The Morgan fingerprint density at radius 2 is 0.926 bits per heavy atom. The van der Waals surface area contributed by atoms with Crippen LogP contribution in [0.25, 0.3) is 22.5 Å². The summed E-state index contributed by atoms with van der Waals surface area (Å²) < 4.78 is 76.4. The van der Waals surface area contributed by atoms with Crippen LogP contribution in [0.4, 0.5) is 10.3 Å². The van der Waals surface area contributed by atoms with Crippen LogP contribution in [0.15, 0.2) is 93.3 Å². The minimum Gasteiger partial charge on any atom is -0.497 e. The van der Waals surface area contributed by atoms with E-state index in [1.54, 1.807) is 75.6 Å². The number of methoxy groups -OCH3 is 4. The van der Waals surface area contributed by atoms with Gasteiger partial charge in [0.05, 0.1) is 49.9 Å². The van der Waals surface area contributed by atoms with E-state index in [0.29, 0.717) is 55.6 Å². The molecule has 2 N–H and O–H groups in total. The summed E-state index contributed by atoms with van der Waals surface area (Å²) in [4.78, 5) is 8.53. The Bertz CT molecular complexity index is 2340. The van der Waals surface area contributed by atoms with Crippen LogP contribution in [-0.4, -0.2) is 55.2 Å². The summed E-state index contributed by atoms with van der Waals surface area (Å²) in [5, 5.41) is 4.59. The molecule has 0 saturated heterocycles. The van der Waals surface area contributed by atoms with E-state index in [0.717, 1.165) is 22.7 Å². The van der Waals surface area contributed by atoms with Gasteiger partial charge in [-0.2, -0.15) is 0 Å². The van der Waals surface area contributed by atoms with Crippen molar-refractivity contribution in [1.29, 1.82) is 0 Å². The highest BCUT2D eigenvalue weighted by Gasteiger charge is 2.22. The molecule has 0 aliphatic rings. The summed E-state index contributed by atoms with van der Waals surface area (Å²) in [5.74, 6) is 2.45. The normalized spacial score (nSPS) is 11.3. The number of nitrogens with zero attached hydrogens (tertiary/aromatic N) is 2. The lowest BCUT2D eigenvalue weighted by Crippen LogP contribution is -2.13. The largest absolute Gasteiger partial charge is 0.497 e. The Kier molecular flexibility index (Phi) is 13.4. The monoisotopic (exact) mass is 888 g/mol. The summed E-state index contributed by atoms with van der Waals surface area (Å²) in [5.41, 5.74) is 2.47. The molecule has 2 heterocycles. The second-order valence-electron chi connectivity index (χ2n) is 10.6. The first-order valence-corrected chi connectivity index (χ1v) is 21.2. The van der Waals surface area contributed by atoms with E-state index in [1.165, 1.54) is 36.4 Å². The number of thiazole rings is 2. The van der Waals surface area contributed by atoms with Crippen LogP contribution >= 0.6 is 69.1 Å². The molecule has 0 atom stereocenters. The molecular weight excluding hydrogens is 862 g/mol. The summed E-state index contributed by atoms with van der Waals surface area (Å²) in [7, 11) is -1.61. The lowest BCUT2D eigenvalue weighted by molar-refractivity contribution is 0.404. The molecule has 0 spiro atoms. The minimum atomic E-state index is -3.91. The molecule has 4 aromatic carbocycles. The van der Waals surface area contributed by atoms with Crippen LogP contribution in [0.3, 0.4) is 0 Å². The molecule has 0 radical (unpaired) electrons. The van der Waals surface area contributed by atoms with Crippen molar-refractivity contribution in [3.8, 4) is 45.5 Å². The first-order chi connectivity index (χ1) is 25.7. The van der Waals surface area contributed by atoms with Crippen LogP contribution in [0.5, 0.6) is 23.0 Å². The fourth-order valence-corrected chi connectivity index (χ4v) is 10.1. The van der Waals surface area contributed by atoms with Gasteiger partial charge in [-0.05, 0) is 72.8 Å². The van der Waals surface area contributed by atoms with E-state index in [1.807, 2.05) is 0 Å². The van der Waals surface area contributed by atoms with Gasteiger partial charge >= 0.3 is 0 Å². The van der Waals surface area contributed by atoms with Crippen LogP contribution < -0.4 is 28.4 Å². The molecule has 0 aliphatic carbocycles. The van der Waals surface area contributed by atoms with Gasteiger partial charge in [-0.25, -0.2) is 26.8 Å². The van der Waals surface area contributed by atoms with Crippen molar-refractivity contribution < 1.29 is 35.8 Å². The second kappa shape index (κ2) is 17.6. The fourth-order valence-electron chi connectivity index (χ4n) is 4.64. The Morgan fingerprint density at radius 1 is 0.537 bits per heavy atom. The lowest BCUT2D eigenvalue weighted by Gasteiger charge is -2.09. The molecule has 54 heavy (non-hydrogen) atoms. The minimum absolute atomic E-state index is 0.0289. The molecule has 12 nitrogen and oxygen atoms in total. The number of anilines is 2. The molecule has 20 heteroatoms. The summed E-state index contributed by atoms with van der Waals surface area (Å²) in [6.07, 6.45) is 0. The summed E-state index contributed by atoms with van der Waals surface area (Å²) >= 11 is 25.9. The van der Waals surface area contributed by atoms with Crippen LogP contribution in [0.2, 0.25) is 20.1 Å². The van der Waals surface area contributed by atoms with Gasteiger partial charge in [0.2, 0.25) is 0 Å². The van der Waals surface area contributed by atoms with E-state index >= 15 is 0 Å². The molecule has 0 fully saturated rings. The predicted molar refractivity (Wildman–Crippen MR) is 216 cm³/mol. The van der Waals surface area contributed by atoms with Crippen LogP contribution in [0, 0.1) is 0 Å². The quantitative estimate of drug-likeness (QED) is 0.121. The topological polar surface area (TPSA) is 155 Å². The van der Waals surface area contributed by atoms with Crippen molar-refractivity contribution in [2.75, 3.05) is 37.9 Å². The average molecular weight is 891 g/mol. The van der Waals surface area contributed by atoms with E-state index in [4.69, 9.17) is 65.4 Å². The number of aromatic nitrogens is 2. The van der Waals surface area contributed by atoms with Crippen molar-refractivity contribution in [3.63, 3.8) is 0 Å². The number of rotatable bonds is 12. The zero-order valence-electron chi connectivity index (χ0n) is 28.4. The summed E-state index contributed by atoms with van der Waals surface area (Å²) in [6.45, 7) is 0. The van der Waals surface area contributed by atoms with Crippen molar-refractivity contribution in [2.45, 2.75) is 9.79 Å². The smallest absolute Gasteiger partial charge is 0.265 e. The Morgan fingerprint density at radius 3 is 1.26 bits per heavy atom. The molecule has 0 amide bonds. The third-order valence-electron chi connectivity index (χ3n) is 7.18. The lowest BCUT2D eigenvalue weighted by atomic mass is 10.1. The second-order valence-corrected chi connectivity index (χ2v) is 17.3. The van der Waals surface area contributed by atoms with Gasteiger partial charge in [-0.15, -0.1) is 22.7 Å². The summed E-state index contributed by atoms with van der Waals surface area (Å²) in [6, 6.07) is 18.9. The van der Waals surface area contributed by atoms with E-state index < -0.39 is 20.0 Å². The van der Waals surface area contributed by atoms with Crippen molar-refractivity contribution >= 4 is 99.4 Å². The van der Waals surface area contributed by atoms with Crippen LogP contribution in [0.1, 0.15) is 0 Å². The standard InChI is InChI=1S/2C17H14Cl2N2O4S2/c2*1-24-11-4-5-15(25-2)12(8-11)14-9-26-17(20-14)21-27(22,23)16-6-3-10(18)7-13(16)19/h2*3-9H,1-2H3,(H,20,21). The Labute approximate surface area is 339 Å². The number of ether oxygens (including phenoxy) is 4. The van der Waals surface area contributed by atoms with E-state index in [-0.39, 0.29) is 30.1 Å². The SMILES string of the molecule is COc1ccc(OC)c(-c2csc(NS(=O)(=O)c3ccc(Cl)cc3Cl)n2)c1.COc1ccc(OC)c(-c2csc(NS(=O)(=O)c3ccc(Cl)cc3Cl)n2)c1. The van der Waals surface area contributed by atoms with Gasteiger partial charge in [0, 0.05) is 31.9 Å². The van der Waals surface area contributed by atoms with E-state index in [2.05, 4.69) is 19.4 Å². The molecule has 284 valence electrons. The predicted octanol–water partition coefficient (Wildman–Crippen LogP) is 9.87. The van der Waals surface area contributed by atoms with E-state index in [9.17, 15) is 16.8 Å². The molecule has 6 aromatic rings. The van der Waals surface area contributed by atoms with Gasteiger partial charge < -0.3 is 18.9 Å². The highest BCUT2D eigenvalue weighted by molar-refractivity contribution is 7.93. The number of halogens is 4. The maximum absolute atomic E-state index is 12.6. The first-order valence-electron chi connectivity index (χ1n) is 15.0. The van der Waals surface area contributed by atoms with Gasteiger partial charge in [0.15, 0.2) is 10.3 Å². The zero-order valence-corrected chi connectivity index (χ0v) is 34.7. The fraction of sp³-hybridized carbons (Fsp3) is 0.118. The Balaban J connectivity index is 0.000000208. The van der Waals surface area contributed by atoms with Gasteiger partial charge in [-0.3, -0.25) is 9.44 Å². The molecule has 6 rings (SSSR count). The third-order valence-corrected chi connectivity index (χ3v) is 13.1. The average Bonchev–Trinajstić information content (AvgIpc) is 3.80. The molecule has 2 aromatic heterocycles. The number of hydrogen-bond donors (Lipinski definition) is 2. The maximum atomic E-state index is 12.6. The highest BCUT2D eigenvalue weighted by Crippen LogP contribution is 2.38. The number of hydrogen-bond acceptors (Lipinski definition) is 12. The number of nitrogens with one attached hydrogen (secondary N) is 2. The zero-order chi connectivity index (χ0) is 39.2. The van der Waals surface area contributed by atoms with Gasteiger partial charge in [0.25, 0.3) is 20.0 Å².